The zero-order valence-electron chi connectivity index (χ0n) is 8.36. The fraction of sp³-hybridized carbons (Fsp3) is 1.00. The van der Waals surface area contributed by atoms with Crippen molar-refractivity contribution in [3.8, 4) is 0 Å². The molecule has 0 aliphatic heterocycles. The second kappa shape index (κ2) is 3.96. The Kier molecular flexibility index (Phi) is 3.35. The van der Waals surface area contributed by atoms with Gasteiger partial charge in [-0.2, -0.15) is 0 Å². The normalized spacial score (nSPS) is 30.8. The molecule has 3 nitrogen and oxygen atoms in total. The Balaban J connectivity index is 2.71. The first-order valence-corrected chi connectivity index (χ1v) is 6.54. The molecule has 1 saturated carbocycles. The van der Waals surface area contributed by atoms with E-state index in [4.69, 9.17) is 5.73 Å². The van der Waals surface area contributed by atoms with Crippen molar-refractivity contribution in [3.63, 3.8) is 0 Å². The monoisotopic (exact) mass is 205 g/mol. The first-order chi connectivity index (χ1) is 5.94. The Morgan fingerprint density at radius 1 is 1.31 bits per heavy atom. The molecule has 0 aromatic carbocycles. The molecule has 2 unspecified atom stereocenters. The van der Waals surface area contributed by atoms with Gasteiger partial charge in [-0.05, 0) is 33.1 Å². The largest absolute Gasteiger partial charge is 0.328 e. The maximum Gasteiger partial charge on any atom is 0.155 e. The number of sulfone groups is 1. The zero-order valence-corrected chi connectivity index (χ0v) is 9.18. The van der Waals surface area contributed by atoms with Crippen molar-refractivity contribution in [1.29, 1.82) is 0 Å². The Morgan fingerprint density at radius 2 is 1.92 bits per heavy atom. The van der Waals surface area contributed by atoms with E-state index < -0.39 is 9.84 Å². The Morgan fingerprint density at radius 3 is 2.38 bits per heavy atom. The van der Waals surface area contributed by atoms with Crippen LogP contribution in [0, 0.1) is 0 Å². The molecule has 0 aromatic rings. The van der Waals surface area contributed by atoms with E-state index in [1.807, 2.05) is 0 Å². The van der Waals surface area contributed by atoms with Crippen LogP contribution in [-0.2, 0) is 9.84 Å². The molecule has 0 bridgehead atoms. The summed E-state index contributed by atoms with van der Waals surface area (Å²) >= 11 is 0. The Hall–Kier alpha value is -0.0900. The van der Waals surface area contributed by atoms with Gasteiger partial charge in [0.25, 0.3) is 0 Å². The SMILES string of the molecule is CC(C)S(=O)(=O)C1CCCC(N)C1. The van der Waals surface area contributed by atoms with Crippen LogP contribution < -0.4 is 5.73 Å². The minimum Gasteiger partial charge on any atom is -0.328 e. The molecule has 1 rings (SSSR count). The molecule has 0 radical (unpaired) electrons. The molecule has 0 amide bonds. The molecular formula is C9H19NO2S. The number of hydrogen-bond donors (Lipinski definition) is 1. The Bertz CT molecular complexity index is 259. The Labute approximate surface area is 80.6 Å². The summed E-state index contributed by atoms with van der Waals surface area (Å²) in [5, 5.41) is -0.445. The van der Waals surface area contributed by atoms with Gasteiger partial charge >= 0.3 is 0 Å². The lowest BCUT2D eigenvalue weighted by Gasteiger charge is -2.27. The van der Waals surface area contributed by atoms with E-state index in [9.17, 15) is 8.42 Å². The lowest BCUT2D eigenvalue weighted by atomic mass is 9.96. The van der Waals surface area contributed by atoms with Crippen molar-refractivity contribution in [3.05, 3.63) is 0 Å². The molecule has 4 heteroatoms. The summed E-state index contributed by atoms with van der Waals surface area (Å²) in [6.07, 6.45) is 3.39. The molecular weight excluding hydrogens is 186 g/mol. The number of rotatable bonds is 2. The predicted octanol–water partition coefficient (Wildman–Crippen LogP) is 1.08. The van der Waals surface area contributed by atoms with Crippen LogP contribution in [0.15, 0.2) is 0 Å². The molecule has 2 atom stereocenters. The average Bonchev–Trinajstić information content (AvgIpc) is 2.04. The zero-order chi connectivity index (χ0) is 10.1. The summed E-state index contributed by atoms with van der Waals surface area (Å²) < 4.78 is 23.6. The summed E-state index contributed by atoms with van der Waals surface area (Å²) in [4.78, 5) is 0. The smallest absolute Gasteiger partial charge is 0.155 e. The minimum atomic E-state index is -2.91. The van der Waals surface area contributed by atoms with Crippen molar-refractivity contribution in [2.45, 2.75) is 56.1 Å². The fourth-order valence-electron chi connectivity index (χ4n) is 1.86. The van der Waals surface area contributed by atoms with Crippen LogP contribution in [0.25, 0.3) is 0 Å². The van der Waals surface area contributed by atoms with Gasteiger partial charge in [-0.3, -0.25) is 0 Å². The van der Waals surface area contributed by atoms with Crippen molar-refractivity contribution < 1.29 is 8.42 Å². The van der Waals surface area contributed by atoms with E-state index >= 15 is 0 Å². The number of hydrogen-bond acceptors (Lipinski definition) is 3. The maximum atomic E-state index is 11.8. The van der Waals surface area contributed by atoms with Gasteiger partial charge in [-0.15, -0.1) is 0 Å². The standard InChI is InChI=1S/C9H19NO2S/c1-7(2)13(11,12)9-5-3-4-8(10)6-9/h7-9H,3-6,10H2,1-2H3. The third-order valence-corrected chi connectivity index (χ3v) is 5.46. The van der Waals surface area contributed by atoms with Crippen LogP contribution in [0.5, 0.6) is 0 Å². The highest BCUT2D eigenvalue weighted by atomic mass is 32.2. The van der Waals surface area contributed by atoms with Gasteiger partial charge < -0.3 is 5.73 Å². The first-order valence-electron chi connectivity index (χ1n) is 4.93. The summed E-state index contributed by atoms with van der Waals surface area (Å²) in [5.74, 6) is 0. The molecule has 1 aliphatic carbocycles. The van der Waals surface area contributed by atoms with Crippen LogP contribution >= 0.6 is 0 Å². The minimum absolute atomic E-state index is 0.0901. The predicted molar refractivity (Wildman–Crippen MR) is 54.3 cm³/mol. The third-order valence-electron chi connectivity index (χ3n) is 2.79. The van der Waals surface area contributed by atoms with E-state index in [1.54, 1.807) is 13.8 Å². The molecule has 2 N–H and O–H groups in total. The maximum absolute atomic E-state index is 11.8. The lowest BCUT2D eigenvalue weighted by molar-refractivity contribution is 0.431. The van der Waals surface area contributed by atoms with E-state index in [0.717, 1.165) is 19.3 Å². The van der Waals surface area contributed by atoms with E-state index in [1.165, 1.54) is 0 Å². The highest BCUT2D eigenvalue weighted by Gasteiger charge is 2.32. The van der Waals surface area contributed by atoms with E-state index in [-0.39, 0.29) is 16.5 Å². The van der Waals surface area contributed by atoms with Gasteiger partial charge in [0.1, 0.15) is 0 Å². The second-order valence-electron chi connectivity index (χ2n) is 4.19. The van der Waals surface area contributed by atoms with Crippen LogP contribution in [0.3, 0.4) is 0 Å². The molecule has 0 saturated heterocycles. The van der Waals surface area contributed by atoms with Gasteiger partial charge in [-0.25, -0.2) is 8.42 Å². The highest BCUT2D eigenvalue weighted by Crippen LogP contribution is 2.25. The molecule has 78 valence electrons. The molecule has 0 spiro atoms. The van der Waals surface area contributed by atoms with Gasteiger partial charge in [0, 0.05) is 6.04 Å². The highest BCUT2D eigenvalue weighted by molar-refractivity contribution is 7.92. The van der Waals surface area contributed by atoms with Crippen molar-refractivity contribution in [2.75, 3.05) is 0 Å². The molecule has 0 aromatic heterocycles. The third kappa shape index (κ3) is 2.44. The fourth-order valence-corrected chi connectivity index (χ4v) is 3.64. The quantitative estimate of drug-likeness (QED) is 0.734. The first kappa shape index (κ1) is 11.0. The van der Waals surface area contributed by atoms with Crippen LogP contribution in [0.4, 0.5) is 0 Å². The molecule has 13 heavy (non-hydrogen) atoms. The van der Waals surface area contributed by atoms with Crippen molar-refractivity contribution in [1.82, 2.24) is 0 Å². The van der Waals surface area contributed by atoms with Gasteiger partial charge in [0.05, 0.1) is 10.5 Å². The number of nitrogens with two attached hydrogens (primary N) is 1. The molecule has 1 fully saturated rings. The lowest BCUT2D eigenvalue weighted by Crippen LogP contribution is -2.38. The summed E-state index contributed by atoms with van der Waals surface area (Å²) in [6.45, 7) is 3.49. The summed E-state index contributed by atoms with van der Waals surface area (Å²) in [5.41, 5.74) is 5.76. The van der Waals surface area contributed by atoms with Crippen LogP contribution in [0.1, 0.15) is 39.5 Å². The second-order valence-corrected chi connectivity index (χ2v) is 6.97. The average molecular weight is 205 g/mol. The molecule has 0 heterocycles. The summed E-state index contributed by atoms with van der Waals surface area (Å²) in [7, 11) is -2.91. The molecule has 1 aliphatic rings. The topological polar surface area (TPSA) is 60.2 Å². The van der Waals surface area contributed by atoms with Gasteiger partial charge in [-0.1, -0.05) is 6.42 Å². The van der Waals surface area contributed by atoms with Crippen LogP contribution in [0.2, 0.25) is 0 Å². The van der Waals surface area contributed by atoms with E-state index in [2.05, 4.69) is 0 Å². The van der Waals surface area contributed by atoms with Crippen LogP contribution in [-0.4, -0.2) is 25.0 Å². The van der Waals surface area contributed by atoms with Gasteiger partial charge in [0.2, 0.25) is 0 Å². The van der Waals surface area contributed by atoms with Crippen molar-refractivity contribution in [2.24, 2.45) is 5.73 Å². The summed E-state index contributed by atoms with van der Waals surface area (Å²) in [6, 6.07) is 0.0901. The van der Waals surface area contributed by atoms with Gasteiger partial charge in [0.15, 0.2) is 9.84 Å². The van der Waals surface area contributed by atoms with E-state index in [0.29, 0.717) is 6.42 Å². The van der Waals surface area contributed by atoms with Crippen molar-refractivity contribution >= 4 is 9.84 Å².